The molecule has 1 aromatic carbocycles. The highest BCUT2D eigenvalue weighted by Gasteiger charge is 2.34. The first-order valence-electron chi connectivity index (χ1n) is 7.32. The van der Waals surface area contributed by atoms with E-state index >= 15 is 0 Å². The third-order valence-electron chi connectivity index (χ3n) is 3.73. The van der Waals surface area contributed by atoms with E-state index in [0.29, 0.717) is 6.54 Å². The van der Waals surface area contributed by atoms with Gasteiger partial charge in [-0.05, 0) is 37.3 Å². The fourth-order valence-corrected chi connectivity index (χ4v) is 3.47. The highest BCUT2D eigenvalue weighted by molar-refractivity contribution is 7.99. The van der Waals surface area contributed by atoms with Crippen LogP contribution in [0.2, 0.25) is 0 Å². The van der Waals surface area contributed by atoms with Gasteiger partial charge in [-0.2, -0.15) is 11.8 Å². The normalized spacial score (nSPS) is 20.4. The third-order valence-corrected chi connectivity index (χ3v) is 4.66. The minimum atomic E-state index is 0.0315. The zero-order valence-electron chi connectivity index (χ0n) is 12.6. The quantitative estimate of drug-likeness (QED) is 0.818. The molecule has 1 amide bonds. The molecule has 0 spiro atoms. The van der Waals surface area contributed by atoms with Crippen LogP contribution in [0.15, 0.2) is 24.3 Å². The summed E-state index contributed by atoms with van der Waals surface area (Å²) in [6.07, 6.45) is 1.08. The van der Waals surface area contributed by atoms with Crippen molar-refractivity contribution in [2.45, 2.75) is 39.4 Å². The molecule has 2 atom stereocenters. The maximum Gasteiger partial charge on any atom is 0.238 e. The van der Waals surface area contributed by atoms with Crippen molar-refractivity contribution < 1.29 is 4.79 Å². The Balaban J connectivity index is 2.10. The molecule has 20 heavy (non-hydrogen) atoms. The van der Waals surface area contributed by atoms with Crippen LogP contribution in [-0.4, -0.2) is 34.9 Å². The number of hydrogen-bond acceptors (Lipinski definition) is 3. The number of rotatable bonds is 6. The summed E-state index contributed by atoms with van der Waals surface area (Å²) in [5.74, 6) is 2.47. The Morgan fingerprint density at radius 1 is 1.50 bits per heavy atom. The van der Waals surface area contributed by atoms with E-state index in [-0.39, 0.29) is 18.1 Å². The number of nitrogens with one attached hydrogen (secondary N) is 1. The Hall–Kier alpha value is -1.00. The van der Waals surface area contributed by atoms with E-state index in [1.807, 2.05) is 16.7 Å². The van der Waals surface area contributed by atoms with Crippen molar-refractivity contribution in [2.24, 2.45) is 0 Å². The van der Waals surface area contributed by atoms with Crippen LogP contribution in [0.5, 0.6) is 0 Å². The lowest BCUT2D eigenvalue weighted by molar-refractivity contribution is -0.130. The van der Waals surface area contributed by atoms with Gasteiger partial charge in [0.25, 0.3) is 0 Å². The minimum Gasteiger partial charge on any atom is -0.319 e. The van der Waals surface area contributed by atoms with Gasteiger partial charge in [0, 0.05) is 6.04 Å². The molecule has 4 heteroatoms. The van der Waals surface area contributed by atoms with Crippen molar-refractivity contribution >= 4 is 17.7 Å². The molecule has 1 saturated heterocycles. The van der Waals surface area contributed by atoms with E-state index in [4.69, 9.17) is 0 Å². The lowest BCUT2D eigenvalue weighted by Gasteiger charge is -2.31. The molecule has 1 heterocycles. The standard InChI is InChI=1S/C16H24N2OS/c1-4-20-9-8-13(3)18-15(19)11-17-16(18)14-7-5-6-12(2)10-14/h5-7,10,13,16-17H,4,8-9,11H2,1-3H3. The second-order valence-electron chi connectivity index (χ2n) is 5.33. The first-order chi connectivity index (χ1) is 9.63. The van der Waals surface area contributed by atoms with Crippen LogP contribution >= 0.6 is 11.8 Å². The molecule has 3 nitrogen and oxygen atoms in total. The predicted molar refractivity (Wildman–Crippen MR) is 85.8 cm³/mol. The van der Waals surface area contributed by atoms with Crippen LogP contribution in [0, 0.1) is 6.92 Å². The highest BCUT2D eigenvalue weighted by Crippen LogP contribution is 2.27. The number of hydrogen-bond donors (Lipinski definition) is 1. The van der Waals surface area contributed by atoms with Crippen molar-refractivity contribution in [3.05, 3.63) is 35.4 Å². The monoisotopic (exact) mass is 292 g/mol. The Bertz CT molecular complexity index is 464. The largest absolute Gasteiger partial charge is 0.319 e. The summed E-state index contributed by atoms with van der Waals surface area (Å²) < 4.78 is 0. The molecule has 1 N–H and O–H groups in total. The van der Waals surface area contributed by atoms with Gasteiger partial charge in [-0.1, -0.05) is 36.8 Å². The zero-order chi connectivity index (χ0) is 14.5. The SMILES string of the molecule is CCSCCC(C)N1C(=O)CNC1c1cccc(C)c1. The molecule has 0 radical (unpaired) electrons. The number of thioether (sulfide) groups is 1. The maximum atomic E-state index is 12.2. The summed E-state index contributed by atoms with van der Waals surface area (Å²) in [5, 5.41) is 3.34. The summed E-state index contributed by atoms with van der Waals surface area (Å²) in [6.45, 7) is 6.87. The number of carbonyl (C=O) groups is 1. The fraction of sp³-hybridized carbons (Fsp3) is 0.562. The minimum absolute atomic E-state index is 0.0315. The first-order valence-corrected chi connectivity index (χ1v) is 8.47. The third kappa shape index (κ3) is 3.55. The molecule has 0 saturated carbocycles. The van der Waals surface area contributed by atoms with Crippen LogP contribution in [0.25, 0.3) is 0 Å². The molecular weight excluding hydrogens is 268 g/mol. The van der Waals surface area contributed by atoms with Gasteiger partial charge in [0.15, 0.2) is 0 Å². The van der Waals surface area contributed by atoms with Gasteiger partial charge in [-0.3, -0.25) is 10.1 Å². The molecule has 2 unspecified atom stereocenters. The van der Waals surface area contributed by atoms with Crippen molar-refractivity contribution in [2.75, 3.05) is 18.1 Å². The Kier molecular flexibility index (Phi) is 5.49. The number of benzene rings is 1. The Labute approximate surface area is 126 Å². The van der Waals surface area contributed by atoms with Crippen LogP contribution < -0.4 is 5.32 Å². The smallest absolute Gasteiger partial charge is 0.238 e. The molecular formula is C16H24N2OS. The van der Waals surface area contributed by atoms with Gasteiger partial charge in [-0.15, -0.1) is 0 Å². The van der Waals surface area contributed by atoms with Crippen molar-refractivity contribution in [3.63, 3.8) is 0 Å². The fourth-order valence-electron chi connectivity index (χ4n) is 2.67. The van der Waals surface area contributed by atoms with Crippen LogP contribution in [-0.2, 0) is 4.79 Å². The molecule has 1 aliphatic rings. The van der Waals surface area contributed by atoms with Gasteiger partial charge in [0.05, 0.1) is 6.54 Å². The van der Waals surface area contributed by atoms with Gasteiger partial charge in [0.2, 0.25) is 5.91 Å². The molecule has 0 aliphatic carbocycles. The molecule has 1 aliphatic heterocycles. The van der Waals surface area contributed by atoms with E-state index in [1.54, 1.807) is 0 Å². The van der Waals surface area contributed by atoms with E-state index in [9.17, 15) is 4.79 Å². The number of amides is 1. The van der Waals surface area contributed by atoms with Crippen molar-refractivity contribution in [1.82, 2.24) is 10.2 Å². The molecule has 1 fully saturated rings. The van der Waals surface area contributed by atoms with Gasteiger partial charge >= 0.3 is 0 Å². The molecule has 0 aromatic heterocycles. The lowest BCUT2D eigenvalue weighted by Crippen LogP contribution is -2.38. The van der Waals surface area contributed by atoms with E-state index in [2.05, 4.69) is 50.4 Å². The second-order valence-corrected chi connectivity index (χ2v) is 6.73. The van der Waals surface area contributed by atoms with Crippen LogP contribution in [0.1, 0.15) is 37.6 Å². The number of nitrogens with zero attached hydrogens (tertiary/aromatic N) is 1. The maximum absolute atomic E-state index is 12.2. The van der Waals surface area contributed by atoms with Crippen LogP contribution in [0.4, 0.5) is 0 Å². The molecule has 0 bridgehead atoms. The van der Waals surface area contributed by atoms with Crippen molar-refractivity contribution in [1.29, 1.82) is 0 Å². The number of carbonyl (C=O) groups excluding carboxylic acids is 1. The average Bonchev–Trinajstić information content (AvgIpc) is 2.81. The summed E-state index contributed by atoms with van der Waals surface area (Å²) in [4.78, 5) is 14.2. The number of aryl methyl sites for hydroxylation is 1. The zero-order valence-corrected chi connectivity index (χ0v) is 13.4. The van der Waals surface area contributed by atoms with E-state index in [1.165, 1.54) is 11.1 Å². The average molecular weight is 292 g/mol. The lowest BCUT2D eigenvalue weighted by atomic mass is 10.1. The van der Waals surface area contributed by atoms with Gasteiger partial charge in [0.1, 0.15) is 6.17 Å². The Morgan fingerprint density at radius 2 is 2.30 bits per heavy atom. The van der Waals surface area contributed by atoms with E-state index in [0.717, 1.165) is 17.9 Å². The van der Waals surface area contributed by atoms with Crippen LogP contribution in [0.3, 0.4) is 0 Å². The second kappa shape index (κ2) is 7.14. The molecule has 1 aromatic rings. The summed E-state index contributed by atoms with van der Waals surface area (Å²) in [6, 6.07) is 8.69. The summed E-state index contributed by atoms with van der Waals surface area (Å²) in [7, 11) is 0. The Morgan fingerprint density at radius 3 is 3.00 bits per heavy atom. The van der Waals surface area contributed by atoms with Crippen molar-refractivity contribution in [3.8, 4) is 0 Å². The molecule has 2 rings (SSSR count). The highest BCUT2D eigenvalue weighted by atomic mass is 32.2. The summed E-state index contributed by atoms with van der Waals surface area (Å²) >= 11 is 1.94. The topological polar surface area (TPSA) is 32.3 Å². The first kappa shape index (κ1) is 15.4. The molecule has 110 valence electrons. The van der Waals surface area contributed by atoms with Gasteiger partial charge in [-0.25, -0.2) is 0 Å². The predicted octanol–water partition coefficient (Wildman–Crippen LogP) is 2.96. The summed E-state index contributed by atoms with van der Waals surface area (Å²) in [5.41, 5.74) is 2.42. The van der Waals surface area contributed by atoms with Gasteiger partial charge < -0.3 is 4.90 Å². The van der Waals surface area contributed by atoms with E-state index < -0.39 is 0 Å².